The minimum atomic E-state index is -0.460. The molecule has 1 saturated carbocycles. The zero-order valence-corrected chi connectivity index (χ0v) is 10.1. The van der Waals surface area contributed by atoms with E-state index in [9.17, 15) is 4.79 Å². The molecule has 0 aliphatic heterocycles. The average molecular weight is 255 g/mol. The predicted molar refractivity (Wildman–Crippen MR) is 67.1 cm³/mol. The van der Waals surface area contributed by atoms with Crippen LogP contribution in [0.5, 0.6) is 0 Å². The molecule has 0 atom stereocenters. The van der Waals surface area contributed by atoms with E-state index < -0.39 is 6.09 Å². The normalized spacial score (nSPS) is 22.7. The van der Waals surface area contributed by atoms with E-state index in [2.05, 4.69) is 5.32 Å². The molecule has 3 N–H and O–H groups in total. The van der Waals surface area contributed by atoms with Crippen molar-refractivity contribution in [3.8, 4) is 0 Å². The molecule has 1 aromatic rings. The van der Waals surface area contributed by atoms with Gasteiger partial charge < -0.3 is 10.5 Å². The van der Waals surface area contributed by atoms with Crippen LogP contribution in [0.2, 0.25) is 5.02 Å². The summed E-state index contributed by atoms with van der Waals surface area (Å²) in [5, 5.41) is 3.12. The third-order valence-electron chi connectivity index (χ3n) is 2.91. The average Bonchev–Trinajstić information content (AvgIpc) is 2.26. The topological polar surface area (TPSA) is 64.3 Å². The molecule has 2 rings (SSSR count). The lowest BCUT2D eigenvalue weighted by molar-refractivity contribution is 0.0278. The molecule has 92 valence electrons. The second-order valence-corrected chi connectivity index (χ2v) is 4.61. The molecule has 1 aliphatic carbocycles. The van der Waals surface area contributed by atoms with Crippen LogP contribution in [0.4, 0.5) is 10.5 Å². The number of carbonyl (C=O) groups is 1. The number of ether oxygens (including phenoxy) is 1. The van der Waals surface area contributed by atoms with Crippen LogP contribution in [0.3, 0.4) is 0 Å². The maximum atomic E-state index is 11.5. The number of rotatable bonds is 3. The molecule has 0 heterocycles. The van der Waals surface area contributed by atoms with Gasteiger partial charge in [0.05, 0.1) is 10.7 Å². The van der Waals surface area contributed by atoms with E-state index in [0.717, 1.165) is 12.8 Å². The number of para-hydroxylation sites is 1. The fourth-order valence-corrected chi connectivity index (χ4v) is 2.00. The van der Waals surface area contributed by atoms with Crippen LogP contribution in [0.15, 0.2) is 24.3 Å². The van der Waals surface area contributed by atoms with Gasteiger partial charge in [0.15, 0.2) is 0 Å². The Morgan fingerprint density at radius 3 is 2.82 bits per heavy atom. The Morgan fingerprint density at radius 2 is 2.18 bits per heavy atom. The van der Waals surface area contributed by atoms with Crippen LogP contribution in [0.1, 0.15) is 12.8 Å². The van der Waals surface area contributed by atoms with Crippen LogP contribution in [-0.4, -0.2) is 18.7 Å². The van der Waals surface area contributed by atoms with Crippen molar-refractivity contribution in [1.82, 2.24) is 0 Å². The molecule has 0 aromatic heterocycles. The summed E-state index contributed by atoms with van der Waals surface area (Å²) >= 11 is 5.91. The van der Waals surface area contributed by atoms with Crippen molar-refractivity contribution >= 4 is 23.4 Å². The zero-order valence-electron chi connectivity index (χ0n) is 9.36. The van der Waals surface area contributed by atoms with Gasteiger partial charge in [-0.2, -0.15) is 0 Å². The first-order chi connectivity index (χ1) is 8.19. The van der Waals surface area contributed by atoms with Gasteiger partial charge in [0, 0.05) is 0 Å². The number of halogens is 1. The Morgan fingerprint density at radius 1 is 1.47 bits per heavy atom. The lowest BCUT2D eigenvalue weighted by Gasteiger charge is -2.33. The molecular formula is C12H15ClN2O2. The van der Waals surface area contributed by atoms with Gasteiger partial charge in [-0.15, -0.1) is 0 Å². The fourth-order valence-electron chi connectivity index (χ4n) is 1.82. The first-order valence-corrected chi connectivity index (χ1v) is 5.99. The second kappa shape index (κ2) is 5.38. The van der Waals surface area contributed by atoms with Crippen molar-refractivity contribution in [1.29, 1.82) is 0 Å². The molecule has 1 aromatic carbocycles. The Labute approximate surface area is 105 Å². The summed E-state index contributed by atoms with van der Waals surface area (Å²) in [7, 11) is 0. The molecule has 1 amide bonds. The van der Waals surface area contributed by atoms with Crippen molar-refractivity contribution in [3.63, 3.8) is 0 Å². The molecule has 0 spiro atoms. The van der Waals surface area contributed by atoms with Gasteiger partial charge in [0.2, 0.25) is 0 Å². The molecule has 0 bridgehead atoms. The summed E-state index contributed by atoms with van der Waals surface area (Å²) in [5.41, 5.74) is 6.06. The minimum Gasteiger partial charge on any atom is -0.446 e. The van der Waals surface area contributed by atoms with E-state index in [4.69, 9.17) is 22.1 Å². The van der Waals surface area contributed by atoms with Gasteiger partial charge in [-0.25, -0.2) is 4.79 Å². The van der Waals surface area contributed by atoms with E-state index in [1.165, 1.54) is 0 Å². The van der Waals surface area contributed by atoms with E-state index in [-0.39, 0.29) is 6.10 Å². The summed E-state index contributed by atoms with van der Waals surface area (Å²) in [6, 6.07) is 7.05. The number of nitrogens with one attached hydrogen (secondary N) is 1. The summed E-state index contributed by atoms with van der Waals surface area (Å²) in [6.45, 7) is 0.659. The molecule has 4 nitrogen and oxygen atoms in total. The number of benzene rings is 1. The highest BCUT2D eigenvalue weighted by molar-refractivity contribution is 6.33. The standard InChI is InChI=1S/C12H15ClN2O2/c13-10-3-1-2-4-11(10)15-12(16)17-9-5-8(6-9)7-14/h1-4,8-9H,5-7,14H2,(H,15,16). The van der Waals surface area contributed by atoms with E-state index in [1.54, 1.807) is 24.3 Å². The fraction of sp³-hybridized carbons (Fsp3) is 0.417. The van der Waals surface area contributed by atoms with Crippen LogP contribution < -0.4 is 11.1 Å². The quantitative estimate of drug-likeness (QED) is 0.872. The van der Waals surface area contributed by atoms with Gasteiger partial charge in [0.25, 0.3) is 0 Å². The Bertz CT molecular complexity index is 405. The van der Waals surface area contributed by atoms with E-state index in [0.29, 0.717) is 23.2 Å². The van der Waals surface area contributed by atoms with Crippen LogP contribution >= 0.6 is 11.6 Å². The van der Waals surface area contributed by atoms with Gasteiger partial charge in [-0.3, -0.25) is 5.32 Å². The lowest BCUT2D eigenvalue weighted by Crippen LogP contribution is -2.38. The van der Waals surface area contributed by atoms with Gasteiger partial charge >= 0.3 is 6.09 Å². The predicted octanol–water partition coefficient (Wildman–Crippen LogP) is 2.63. The number of amides is 1. The van der Waals surface area contributed by atoms with Gasteiger partial charge in [-0.1, -0.05) is 23.7 Å². The molecular weight excluding hydrogens is 240 g/mol. The largest absolute Gasteiger partial charge is 0.446 e. The summed E-state index contributed by atoms with van der Waals surface area (Å²) in [6.07, 6.45) is 1.24. The van der Waals surface area contributed by atoms with E-state index >= 15 is 0 Å². The van der Waals surface area contributed by atoms with Gasteiger partial charge in [-0.05, 0) is 37.4 Å². The summed E-state index contributed by atoms with van der Waals surface area (Å²) in [5.74, 6) is 0.494. The molecule has 1 fully saturated rings. The third kappa shape index (κ3) is 3.11. The monoisotopic (exact) mass is 254 g/mol. The second-order valence-electron chi connectivity index (χ2n) is 4.21. The molecule has 0 unspecified atom stereocenters. The van der Waals surface area contributed by atoms with Crippen molar-refractivity contribution in [3.05, 3.63) is 29.3 Å². The number of anilines is 1. The highest BCUT2D eigenvalue weighted by Gasteiger charge is 2.31. The Hall–Kier alpha value is -1.26. The van der Waals surface area contributed by atoms with Crippen molar-refractivity contribution in [2.45, 2.75) is 18.9 Å². The number of carbonyl (C=O) groups excluding carboxylic acids is 1. The van der Waals surface area contributed by atoms with Crippen LogP contribution in [0.25, 0.3) is 0 Å². The molecule has 0 radical (unpaired) electrons. The number of hydrogen-bond acceptors (Lipinski definition) is 3. The zero-order chi connectivity index (χ0) is 12.3. The smallest absolute Gasteiger partial charge is 0.411 e. The summed E-state index contributed by atoms with van der Waals surface area (Å²) in [4.78, 5) is 11.5. The minimum absolute atomic E-state index is 0.00830. The van der Waals surface area contributed by atoms with Crippen molar-refractivity contribution in [2.75, 3.05) is 11.9 Å². The van der Waals surface area contributed by atoms with E-state index in [1.807, 2.05) is 0 Å². The summed E-state index contributed by atoms with van der Waals surface area (Å²) < 4.78 is 5.21. The SMILES string of the molecule is NCC1CC(OC(=O)Nc2ccccc2Cl)C1. The maximum Gasteiger partial charge on any atom is 0.411 e. The molecule has 5 heteroatoms. The van der Waals surface area contributed by atoms with Gasteiger partial charge in [0.1, 0.15) is 6.10 Å². The lowest BCUT2D eigenvalue weighted by atomic mass is 9.82. The van der Waals surface area contributed by atoms with Crippen LogP contribution in [-0.2, 0) is 4.74 Å². The maximum absolute atomic E-state index is 11.5. The van der Waals surface area contributed by atoms with Crippen molar-refractivity contribution in [2.24, 2.45) is 11.7 Å². The highest BCUT2D eigenvalue weighted by atomic mass is 35.5. The highest BCUT2D eigenvalue weighted by Crippen LogP contribution is 2.29. The third-order valence-corrected chi connectivity index (χ3v) is 3.24. The van der Waals surface area contributed by atoms with Crippen molar-refractivity contribution < 1.29 is 9.53 Å². The first-order valence-electron chi connectivity index (χ1n) is 5.61. The molecule has 0 saturated heterocycles. The molecule has 17 heavy (non-hydrogen) atoms. The van der Waals surface area contributed by atoms with Crippen LogP contribution in [0, 0.1) is 5.92 Å². The number of nitrogens with two attached hydrogens (primary N) is 1. The molecule has 1 aliphatic rings. The number of hydrogen-bond donors (Lipinski definition) is 2. The Kier molecular flexibility index (Phi) is 3.86. The first kappa shape index (κ1) is 12.2. The Balaban J connectivity index is 1.80.